The molecule has 1 N–H and O–H groups in total. The number of rotatable bonds is 0. The molecule has 0 aromatic carbocycles. The minimum Gasteiger partial charge on any atom is -0.311 e. The SMILES string of the molecule is CC1(C)C2CCCCC2NC2CCCCC21. The molecule has 0 aromatic heterocycles. The molecule has 3 rings (SSSR count). The van der Waals surface area contributed by atoms with E-state index in [0.29, 0.717) is 5.41 Å². The molecule has 4 atom stereocenters. The molecule has 4 unspecified atom stereocenters. The van der Waals surface area contributed by atoms with Gasteiger partial charge in [0.05, 0.1) is 0 Å². The first kappa shape index (κ1) is 11.1. The maximum atomic E-state index is 4.01. The summed E-state index contributed by atoms with van der Waals surface area (Å²) in [5.41, 5.74) is 0.599. The molecule has 0 amide bonds. The number of fused-ring (bicyclic) bond motifs is 2. The first-order chi connectivity index (χ1) is 7.69. The van der Waals surface area contributed by atoms with Gasteiger partial charge in [-0.2, -0.15) is 0 Å². The summed E-state index contributed by atoms with van der Waals surface area (Å²) >= 11 is 0. The second-order valence-corrected chi connectivity index (χ2v) is 6.98. The Morgan fingerprint density at radius 3 is 1.69 bits per heavy atom. The van der Waals surface area contributed by atoms with Gasteiger partial charge in [0.2, 0.25) is 0 Å². The summed E-state index contributed by atoms with van der Waals surface area (Å²) in [5, 5.41) is 4.01. The van der Waals surface area contributed by atoms with Gasteiger partial charge in [-0.1, -0.05) is 39.5 Å². The fraction of sp³-hybridized carbons (Fsp3) is 1.00. The topological polar surface area (TPSA) is 12.0 Å². The minimum atomic E-state index is 0.599. The van der Waals surface area contributed by atoms with Crippen molar-refractivity contribution in [1.82, 2.24) is 5.32 Å². The Morgan fingerprint density at radius 1 is 0.750 bits per heavy atom. The van der Waals surface area contributed by atoms with Gasteiger partial charge in [0.1, 0.15) is 0 Å². The van der Waals surface area contributed by atoms with E-state index in [9.17, 15) is 0 Å². The quantitative estimate of drug-likeness (QED) is 0.657. The third-order valence-electron chi connectivity index (χ3n) is 5.87. The number of hydrogen-bond donors (Lipinski definition) is 1. The first-order valence-corrected chi connectivity index (χ1v) is 7.45. The standard InChI is InChI=1S/C15H27N/c1-15(2)11-7-3-5-9-13(11)16-14-10-6-4-8-12(14)15/h11-14,16H,3-10H2,1-2H3. The van der Waals surface area contributed by atoms with Gasteiger partial charge in [-0.3, -0.25) is 0 Å². The van der Waals surface area contributed by atoms with Crippen LogP contribution in [0.15, 0.2) is 0 Å². The van der Waals surface area contributed by atoms with Crippen molar-refractivity contribution in [2.75, 3.05) is 0 Å². The molecule has 1 aliphatic heterocycles. The van der Waals surface area contributed by atoms with Crippen molar-refractivity contribution < 1.29 is 0 Å². The molecule has 1 nitrogen and oxygen atoms in total. The van der Waals surface area contributed by atoms with E-state index < -0.39 is 0 Å². The van der Waals surface area contributed by atoms with Gasteiger partial charge in [-0.15, -0.1) is 0 Å². The summed E-state index contributed by atoms with van der Waals surface area (Å²) in [4.78, 5) is 0. The summed E-state index contributed by atoms with van der Waals surface area (Å²) in [6.45, 7) is 5.14. The average molecular weight is 221 g/mol. The predicted octanol–water partition coefficient (Wildman–Crippen LogP) is 3.73. The highest BCUT2D eigenvalue weighted by Crippen LogP contribution is 2.51. The maximum Gasteiger partial charge on any atom is 0.0103 e. The Hall–Kier alpha value is -0.0400. The lowest BCUT2D eigenvalue weighted by molar-refractivity contribution is -0.0338. The van der Waals surface area contributed by atoms with E-state index in [1.165, 1.54) is 51.4 Å². The number of hydrogen-bond acceptors (Lipinski definition) is 1. The summed E-state index contributed by atoms with van der Waals surface area (Å²) in [6, 6.07) is 1.70. The Balaban J connectivity index is 1.85. The van der Waals surface area contributed by atoms with Gasteiger partial charge in [0, 0.05) is 12.1 Å². The van der Waals surface area contributed by atoms with Crippen molar-refractivity contribution in [2.24, 2.45) is 17.3 Å². The Kier molecular flexibility index (Phi) is 2.78. The van der Waals surface area contributed by atoms with Crippen LogP contribution in [-0.4, -0.2) is 12.1 Å². The van der Waals surface area contributed by atoms with Crippen molar-refractivity contribution in [3.05, 3.63) is 0 Å². The second kappa shape index (κ2) is 4.01. The highest BCUT2D eigenvalue weighted by atomic mass is 15.0. The molecule has 2 aliphatic carbocycles. The Bertz CT molecular complexity index is 234. The molecule has 16 heavy (non-hydrogen) atoms. The molecular formula is C15H27N. The van der Waals surface area contributed by atoms with E-state index in [2.05, 4.69) is 19.2 Å². The second-order valence-electron chi connectivity index (χ2n) is 6.98. The summed E-state index contributed by atoms with van der Waals surface area (Å²) in [7, 11) is 0. The van der Waals surface area contributed by atoms with Crippen molar-refractivity contribution >= 4 is 0 Å². The lowest BCUT2D eigenvalue weighted by Crippen LogP contribution is -2.61. The molecule has 1 heterocycles. The van der Waals surface area contributed by atoms with Crippen LogP contribution in [0, 0.1) is 17.3 Å². The zero-order valence-corrected chi connectivity index (χ0v) is 11.0. The van der Waals surface area contributed by atoms with Crippen LogP contribution in [0.3, 0.4) is 0 Å². The molecule has 0 spiro atoms. The Morgan fingerprint density at radius 2 is 1.19 bits per heavy atom. The first-order valence-electron chi connectivity index (χ1n) is 7.45. The van der Waals surface area contributed by atoms with Crippen molar-refractivity contribution in [3.8, 4) is 0 Å². The summed E-state index contributed by atoms with van der Waals surface area (Å²) in [6.07, 6.45) is 11.7. The van der Waals surface area contributed by atoms with Gasteiger partial charge >= 0.3 is 0 Å². The van der Waals surface area contributed by atoms with Crippen molar-refractivity contribution in [1.29, 1.82) is 0 Å². The van der Waals surface area contributed by atoms with Crippen molar-refractivity contribution in [2.45, 2.75) is 77.3 Å². The van der Waals surface area contributed by atoms with E-state index in [0.717, 1.165) is 23.9 Å². The maximum absolute atomic E-state index is 4.01. The molecule has 1 saturated heterocycles. The lowest BCUT2D eigenvalue weighted by Gasteiger charge is -2.57. The van der Waals surface area contributed by atoms with Crippen LogP contribution >= 0.6 is 0 Å². The van der Waals surface area contributed by atoms with Gasteiger partial charge < -0.3 is 5.32 Å². The zero-order chi connectivity index (χ0) is 11.2. The molecule has 0 bridgehead atoms. The molecule has 1 heteroatoms. The van der Waals surface area contributed by atoms with Crippen LogP contribution in [0.25, 0.3) is 0 Å². The molecule has 0 radical (unpaired) electrons. The summed E-state index contributed by atoms with van der Waals surface area (Å²) in [5.74, 6) is 1.92. The van der Waals surface area contributed by atoms with E-state index in [1.807, 2.05) is 0 Å². The molecule has 3 aliphatic rings. The largest absolute Gasteiger partial charge is 0.311 e. The van der Waals surface area contributed by atoms with Crippen LogP contribution in [0.5, 0.6) is 0 Å². The van der Waals surface area contributed by atoms with Gasteiger partial charge in [-0.25, -0.2) is 0 Å². The van der Waals surface area contributed by atoms with E-state index in [4.69, 9.17) is 0 Å². The molecule has 0 aromatic rings. The van der Waals surface area contributed by atoms with Crippen LogP contribution in [0.4, 0.5) is 0 Å². The van der Waals surface area contributed by atoms with Gasteiger partial charge in [0.15, 0.2) is 0 Å². The van der Waals surface area contributed by atoms with Gasteiger partial charge in [-0.05, 0) is 42.9 Å². The van der Waals surface area contributed by atoms with Crippen LogP contribution < -0.4 is 5.32 Å². The predicted molar refractivity (Wildman–Crippen MR) is 68.4 cm³/mol. The zero-order valence-electron chi connectivity index (χ0n) is 11.0. The van der Waals surface area contributed by atoms with Crippen LogP contribution in [-0.2, 0) is 0 Å². The van der Waals surface area contributed by atoms with Crippen LogP contribution in [0.2, 0.25) is 0 Å². The van der Waals surface area contributed by atoms with E-state index >= 15 is 0 Å². The highest BCUT2D eigenvalue weighted by molar-refractivity contribution is 5.04. The third-order valence-corrected chi connectivity index (χ3v) is 5.87. The third kappa shape index (κ3) is 1.63. The number of piperidine rings is 1. The lowest BCUT2D eigenvalue weighted by atomic mass is 9.55. The molecule has 3 fully saturated rings. The monoisotopic (exact) mass is 221 g/mol. The fourth-order valence-electron chi connectivity index (χ4n) is 4.99. The van der Waals surface area contributed by atoms with E-state index in [-0.39, 0.29) is 0 Å². The normalized spacial score (nSPS) is 46.9. The van der Waals surface area contributed by atoms with E-state index in [1.54, 1.807) is 0 Å². The Labute approximate surface area is 100 Å². The van der Waals surface area contributed by atoms with Crippen molar-refractivity contribution in [3.63, 3.8) is 0 Å². The molecular weight excluding hydrogens is 194 g/mol. The highest BCUT2D eigenvalue weighted by Gasteiger charge is 2.49. The molecule has 2 saturated carbocycles. The fourth-order valence-corrected chi connectivity index (χ4v) is 4.99. The van der Waals surface area contributed by atoms with Gasteiger partial charge in [0.25, 0.3) is 0 Å². The number of nitrogens with one attached hydrogen (secondary N) is 1. The smallest absolute Gasteiger partial charge is 0.0103 e. The summed E-state index contributed by atoms with van der Waals surface area (Å²) < 4.78 is 0. The van der Waals surface area contributed by atoms with Crippen LogP contribution in [0.1, 0.15) is 65.2 Å². The average Bonchev–Trinajstić information content (AvgIpc) is 2.29. The molecule has 92 valence electrons. The minimum absolute atomic E-state index is 0.599.